The number of hydrogen-bond donors (Lipinski definition) is 0. The lowest BCUT2D eigenvalue weighted by atomic mass is 9.96. The zero-order valence-electron chi connectivity index (χ0n) is 15.3. The quantitative estimate of drug-likeness (QED) is 0.781. The standard InChI is InChI=1S/C19H26N2O4S/c1-13-14(2)25-18-16(13)4-3-5-17(18)19(22)21-9-7-20(8-10-21)15-6-11-26(23,24)12-15/h3-5,13-15H,6-12H2,1-2H3/t13-,14+,15+/m1/s1. The van der Waals surface area contributed by atoms with E-state index in [1.807, 2.05) is 30.0 Å². The molecule has 2 fully saturated rings. The Morgan fingerprint density at radius 1 is 1.15 bits per heavy atom. The molecule has 0 aliphatic carbocycles. The molecule has 0 radical (unpaired) electrons. The molecular formula is C19H26N2O4S. The van der Waals surface area contributed by atoms with Crippen LogP contribution in [0.15, 0.2) is 18.2 Å². The molecule has 142 valence electrons. The van der Waals surface area contributed by atoms with Gasteiger partial charge in [-0.05, 0) is 19.4 Å². The van der Waals surface area contributed by atoms with Gasteiger partial charge in [-0.3, -0.25) is 9.69 Å². The summed E-state index contributed by atoms with van der Waals surface area (Å²) in [6.07, 6.45) is 0.798. The Labute approximate surface area is 155 Å². The Morgan fingerprint density at radius 2 is 1.88 bits per heavy atom. The SMILES string of the molecule is C[C@@H]1Oc2c(C(=O)N3CCN([C@H]4CCS(=O)(=O)C4)CC3)cccc2[C@@H]1C. The Morgan fingerprint density at radius 3 is 2.54 bits per heavy atom. The molecule has 3 aliphatic heterocycles. The van der Waals surface area contributed by atoms with Crippen LogP contribution >= 0.6 is 0 Å². The summed E-state index contributed by atoms with van der Waals surface area (Å²) < 4.78 is 29.4. The molecule has 0 saturated carbocycles. The van der Waals surface area contributed by atoms with Gasteiger partial charge in [0.15, 0.2) is 9.84 Å². The fourth-order valence-electron chi connectivity index (χ4n) is 4.28. The second-order valence-corrected chi connectivity index (χ2v) is 9.95. The fourth-order valence-corrected chi connectivity index (χ4v) is 6.04. The van der Waals surface area contributed by atoms with Crippen LogP contribution < -0.4 is 4.74 Å². The first-order valence-corrected chi connectivity index (χ1v) is 11.2. The van der Waals surface area contributed by atoms with Crippen LogP contribution in [0.25, 0.3) is 0 Å². The molecule has 0 spiro atoms. The van der Waals surface area contributed by atoms with Crippen LogP contribution in [0.2, 0.25) is 0 Å². The van der Waals surface area contributed by atoms with Crippen molar-refractivity contribution in [1.29, 1.82) is 0 Å². The van der Waals surface area contributed by atoms with E-state index in [1.54, 1.807) is 0 Å². The van der Waals surface area contributed by atoms with Crippen LogP contribution in [-0.4, -0.2) is 74.0 Å². The normalized spacial score (nSPS) is 30.8. The van der Waals surface area contributed by atoms with Crippen LogP contribution in [-0.2, 0) is 9.84 Å². The van der Waals surface area contributed by atoms with Crippen molar-refractivity contribution in [2.24, 2.45) is 0 Å². The third kappa shape index (κ3) is 3.11. The van der Waals surface area contributed by atoms with Crippen molar-refractivity contribution < 1.29 is 17.9 Å². The van der Waals surface area contributed by atoms with E-state index in [9.17, 15) is 13.2 Å². The van der Waals surface area contributed by atoms with Crippen LogP contribution in [0.1, 0.15) is 42.1 Å². The van der Waals surface area contributed by atoms with Crippen molar-refractivity contribution in [3.63, 3.8) is 0 Å². The predicted molar refractivity (Wildman–Crippen MR) is 99.5 cm³/mol. The van der Waals surface area contributed by atoms with E-state index in [1.165, 1.54) is 0 Å². The zero-order valence-corrected chi connectivity index (χ0v) is 16.2. The van der Waals surface area contributed by atoms with Gasteiger partial charge >= 0.3 is 0 Å². The van der Waals surface area contributed by atoms with Gasteiger partial charge in [0.1, 0.15) is 11.9 Å². The van der Waals surface area contributed by atoms with Crippen molar-refractivity contribution >= 4 is 15.7 Å². The Bertz CT molecular complexity index is 815. The number of ether oxygens (including phenoxy) is 1. The van der Waals surface area contributed by atoms with Gasteiger partial charge in [0.2, 0.25) is 0 Å². The minimum Gasteiger partial charge on any atom is -0.489 e. The molecule has 0 aromatic heterocycles. The minimum atomic E-state index is -2.87. The first-order chi connectivity index (χ1) is 12.4. The van der Waals surface area contributed by atoms with Gasteiger partial charge < -0.3 is 9.64 Å². The molecule has 1 amide bonds. The summed E-state index contributed by atoms with van der Waals surface area (Å²) in [6, 6.07) is 5.94. The van der Waals surface area contributed by atoms with Crippen LogP contribution in [0.3, 0.4) is 0 Å². The van der Waals surface area contributed by atoms with Gasteiger partial charge in [0.05, 0.1) is 17.1 Å². The highest BCUT2D eigenvalue weighted by molar-refractivity contribution is 7.91. The maximum atomic E-state index is 13.0. The monoisotopic (exact) mass is 378 g/mol. The summed E-state index contributed by atoms with van der Waals surface area (Å²) in [4.78, 5) is 17.1. The van der Waals surface area contributed by atoms with E-state index in [0.717, 1.165) is 24.4 Å². The van der Waals surface area contributed by atoms with Gasteiger partial charge in [-0.25, -0.2) is 8.42 Å². The minimum absolute atomic E-state index is 0.0156. The van der Waals surface area contributed by atoms with E-state index in [0.29, 0.717) is 36.7 Å². The maximum Gasteiger partial charge on any atom is 0.257 e. The lowest BCUT2D eigenvalue weighted by Gasteiger charge is -2.37. The summed E-state index contributed by atoms with van der Waals surface area (Å²) in [5.74, 6) is 1.60. The zero-order chi connectivity index (χ0) is 18.5. The van der Waals surface area contributed by atoms with Gasteiger partial charge in [0.25, 0.3) is 5.91 Å². The van der Waals surface area contributed by atoms with Crippen LogP contribution in [0, 0.1) is 0 Å². The second kappa shape index (κ2) is 6.53. The number of rotatable bonds is 2. The lowest BCUT2D eigenvalue weighted by Crippen LogP contribution is -2.52. The highest BCUT2D eigenvalue weighted by atomic mass is 32.2. The number of benzene rings is 1. The molecule has 3 atom stereocenters. The average molecular weight is 378 g/mol. The molecule has 3 heterocycles. The molecule has 2 saturated heterocycles. The first-order valence-electron chi connectivity index (χ1n) is 9.39. The summed E-state index contributed by atoms with van der Waals surface area (Å²) >= 11 is 0. The molecule has 6 nitrogen and oxygen atoms in total. The third-order valence-corrected chi connectivity index (χ3v) is 7.85. The molecule has 1 aromatic rings. The highest BCUT2D eigenvalue weighted by Gasteiger charge is 2.36. The van der Waals surface area contributed by atoms with E-state index in [2.05, 4.69) is 11.8 Å². The first kappa shape index (κ1) is 17.8. The molecule has 7 heteroatoms. The molecule has 0 bridgehead atoms. The van der Waals surface area contributed by atoms with Crippen molar-refractivity contribution in [2.45, 2.75) is 38.3 Å². The summed E-state index contributed by atoms with van der Waals surface area (Å²) in [6.45, 7) is 6.88. The predicted octanol–water partition coefficient (Wildman–Crippen LogP) is 1.52. The van der Waals surface area contributed by atoms with Gasteiger partial charge in [0, 0.05) is 43.7 Å². The molecule has 0 unspecified atom stereocenters. The highest BCUT2D eigenvalue weighted by Crippen LogP contribution is 2.40. The number of sulfone groups is 1. The Kier molecular flexibility index (Phi) is 4.47. The van der Waals surface area contributed by atoms with Gasteiger partial charge in [-0.2, -0.15) is 0 Å². The number of nitrogens with zero attached hydrogens (tertiary/aromatic N) is 2. The summed E-state index contributed by atoms with van der Waals surface area (Å²) in [7, 11) is -2.87. The van der Waals surface area contributed by atoms with Crippen molar-refractivity contribution in [1.82, 2.24) is 9.80 Å². The van der Waals surface area contributed by atoms with Crippen molar-refractivity contribution in [2.75, 3.05) is 37.7 Å². The molecule has 0 N–H and O–H groups in total. The van der Waals surface area contributed by atoms with E-state index < -0.39 is 9.84 Å². The summed E-state index contributed by atoms with van der Waals surface area (Å²) in [5.41, 5.74) is 1.76. The number of amides is 1. The van der Waals surface area contributed by atoms with Crippen molar-refractivity contribution in [3.8, 4) is 5.75 Å². The molecule has 3 aliphatic rings. The van der Waals surface area contributed by atoms with E-state index >= 15 is 0 Å². The summed E-state index contributed by atoms with van der Waals surface area (Å²) in [5, 5.41) is 0. The largest absolute Gasteiger partial charge is 0.489 e. The topological polar surface area (TPSA) is 66.9 Å². The van der Waals surface area contributed by atoms with Gasteiger partial charge in [-0.1, -0.05) is 19.1 Å². The smallest absolute Gasteiger partial charge is 0.257 e. The fraction of sp³-hybridized carbons (Fsp3) is 0.632. The number of carbonyl (C=O) groups is 1. The van der Waals surface area contributed by atoms with Crippen LogP contribution in [0.4, 0.5) is 0 Å². The average Bonchev–Trinajstić information content (AvgIpc) is 3.14. The molecular weight excluding hydrogens is 352 g/mol. The van der Waals surface area contributed by atoms with E-state index in [4.69, 9.17) is 4.74 Å². The van der Waals surface area contributed by atoms with Crippen molar-refractivity contribution in [3.05, 3.63) is 29.3 Å². The number of fused-ring (bicyclic) bond motifs is 1. The molecule has 1 aromatic carbocycles. The van der Waals surface area contributed by atoms with E-state index in [-0.39, 0.29) is 23.8 Å². The lowest BCUT2D eigenvalue weighted by molar-refractivity contribution is 0.0583. The van der Waals surface area contributed by atoms with Gasteiger partial charge in [-0.15, -0.1) is 0 Å². The maximum absolute atomic E-state index is 13.0. The Balaban J connectivity index is 1.44. The number of piperazine rings is 1. The third-order valence-electron chi connectivity index (χ3n) is 6.10. The molecule has 26 heavy (non-hydrogen) atoms. The number of para-hydroxylation sites is 1. The number of hydrogen-bond acceptors (Lipinski definition) is 5. The van der Waals surface area contributed by atoms with Crippen LogP contribution in [0.5, 0.6) is 5.75 Å². The second-order valence-electron chi connectivity index (χ2n) is 7.72. The Hall–Kier alpha value is -1.60. The molecule has 4 rings (SSSR count). The number of carbonyl (C=O) groups excluding carboxylic acids is 1.